The summed E-state index contributed by atoms with van der Waals surface area (Å²) in [5, 5.41) is 11.1. The molecule has 2 atom stereocenters. The third kappa shape index (κ3) is 4.00. The van der Waals surface area contributed by atoms with Gasteiger partial charge in [0.2, 0.25) is 5.91 Å². The van der Waals surface area contributed by atoms with Crippen molar-refractivity contribution < 1.29 is 9.90 Å². The quantitative estimate of drug-likeness (QED) is 0.875. The molecule has 1 heterocycles. The zero-order valence-corrected chi connectivity index (χ0v) is 14.1. The fraction of sp³-hybridized carbons (Fsp3) is 0.588. The normalized spacial score (nSPS) is 20.1. The van der Waals surface area contributed by atoms with Crippen molar-refractivity contribution in [2.45, 2.75) is 38.8 Å². The van der Waals surface area contributed by atoms with Crippen molar-refractivity contribution in [1.82, 2.24) is 9.80 Å². The molecule has 2 unspecified atom stereocenters. The summed E-state index contributed by atoms with van der Waals surface area (Å²) in [6.07, 6.45) is 1.25. The molecule has 5 heteroatoms. The number of hydrogen-bond acceptors (Lipinski definition) is 3. The van der Waals surface area contributed by atoms with Gasteiger partial charge in [-0.2, -0.15) is 0 Å². The summed E-state index contributed by atoms with van der Waals surface area (Å²) in [5.74, 6) is 0.181. The highest BCUT2D eigenvalue weighted by molar-refractivity contribution is 6.30. The molecule has 1 amide bonds. The molecule has 1 fully saturated rings. The van der Waals surface area contributed by atoms with Crippen LogP contribution >= 0.6 is 11.6 Å². The van der Waals surface area contributed by atoms with E-state index in [-0.39, 0.29) is 11.9 Å². The smallest absolute Gasteiger partial charge is 0.239 e. The first kappa shape index (κ1) is 17.3. The number of hydrogen-bond donors (Lipinski definition) is 1. The average Bonchev–Trinajstić information content (AvgIpc) is 2.96. The van der Waals surface area contributed by atoms with Gasteiger partial charge in [0.05, 0.1) is 12.1 Å². The number of likely N-dealkylation sites (tertiary alicyclic amines) is 1. The van der Waals surface area contributed by atoms with Gasteiger partial charge in [-0.1, -0.05) is 23.7 Å². The molecular formula is C17H25ClN2O2. The Balaban J connectivity index is 2.03. The first-order valence-corrected chi connectivity index (χ1v) is 8.41. The van der Waals surface area contributed by atoms with Crippen LogP contribution in [-0.2, 0) is 4.79 Å². The largest absolute Gasteiger partial charge is 0.387 e. The Hall–Kier alpha value is -1.10. The second-order valence-electron chi connectivity index (χ2n) is 5.73. The number of rotatable bonds is 6. The van der Waals surface area contributed by atoms with Crippen molar-refractivity contribution in [1.29, 1.82) is 0 Å². The number of aliphatic hydroxyl groups is 1. The van der Waals surface area contributed by atoms with Crippen LogP contribution in [0.1, 0.15) is 38.4 Å². The van der Waals surface area contributed by atoms with E-state index in [1.54, 1.807) is 12.1 Å². The molecule has 1 aromatic carbocycles. The summed E-state index contributed by atoms with van der Waals surface area (Å²) in [6, 6.07) is 7.18. The fourth-order valence-corrected chi connectivity index (χ4v) is 3.31. The van der Waals surface area contributed by atoms with E-state index in [0.717, 1.165) is 38.0 Å². The molecule has 0 aromatic heterocycles. The third-order valence-corrected chi connectivity index (χ3v) is 4.60. The molecule has 0 aliphatic carbocycles. The van der Waals surface area contributed by atoms with Crippen molar-refractivity contribution in [3.05, 3.63) is 34.9 Å². The molecule has 1 aliphatic heterocycles. The van der Waals surface area contributed by atoms with Gasteiger partial charge in [0.15, 0.2) is 0 Å². The van der Waals surface area contributed by atoms with Crippen LogP contribution in [0.5, 0.6) is 0 Å². The first-order chi connectivity index (χ1) is 10.6. The Bertz CT molecular complexity index is 505. The van der Waals surface area contributed by atoms with E-state index in [4.69, 9.17) is 11.6 Å². The second kappa shape index (κ2) is 7.95. The Morgan fingerprint density at radius 3 is 2.82 bits per heavy atom. The van der Waals surface area contributed by atoms with Gasteiger partial charge >= 0.3 is 0 Å². The van der Waals surface area contributed by atoms with Crippen molar-refractivity contribution in [3.63, 3.8) is 0 Å². The molecule has 1 N–H and O–H groups in total. The summed E-state index contributed by atoms with van der Waals surface area (Å²) < 4.78 is 0. The molecule has 1 aliphatic rings. The first-order valence-electron chi connectivity index (χ1n) is 8.03. The Morgan fingerprint density at radius 1 is 1.45 bits per heavy atom. The monoisotopic (exact) mass is 324 g/mol. The number of halogens is 1. The van der Waals surface area contributed by atoms with Gasteiger partial charge in [0.25, 0.3) is 0 Å². The number of carbonyl (C=O) groups excluding carboxylic acids is 1. The highest BCUT2D eigenvalue weighted by Crippen LogP contribution is 2.24. The molecule has 2 rings (SSSR count). The number of carbonyl (C=O) groups is 1. The standard InChI is InChI=1S/C17H25ClN2O2/c1-3-19(4-2)17(22)15-9-6-10-20(15)12-16(21)13-7-5-8-14(18)11-13/h5,7-8,11,15-16,21H,3-4,6,9-10,12H2,1-2H3. The van der Waals surface area contributed by atoms with Crippen LogP contribution in [0, 0.1) is 0 Å². The predicted molar refractivity (Wildman–Crippen MR) is 88.9 cm³/mol. The van der Waals surface area contributed by atoms with Crippen LogP contribution in [0.15, 0.2) is 24.3 Å². The van der Waals surface area contributed by atoms with E-state index in [0.29, 0.717) is 11.6 Å². The Labute approximate surface area is 137 Å². The number of amides is 1. The highest BCUT2D eigenvalue weighted by Gasteiger charge is 2.33. The fourth-order valence-electron chi connectivity index (χ4n) is 3.11. The Morgan fingerprint density at radius 2 is 2.18 bits per heavy atom. The lowest BCUT2D eigenvalue weighted by Gasteiger charge is -2.30. The number of benzene rings is 1. The van der Waals surface area contributed by atoms with E-state index >= 15 is 0 Å². The van der Waals surface area contributed by atoms with Gasteiger partial charge in [-0.3, -0.25) is 9.69 Å². The van der Waals surface area contributed by atoms with Crippen LogP contribution in [0.4, 0.5) is 0 Å². The number of likely N-dealkylation sites (N-methyl/N-ethyl adjacent to an activating group) is 1. The number of β-amino-alcohol motifs (C(OH)–C–C–N with tert-alkyl or cyclic N) is 1. The summed E-state index contributed by atoms with van der Waals surface area (Å²) >= 11 is 5.98. The molecule has 0 saturated carbocycles. The molecule has 4 nitrogen and oxygen atoms in total. The molecule has 0 spiro atoms. The highest BCUT2D eigenvalue weighted by atomic mass is 35.5. The average molecular weight is 325 g/mol. The topological polar surface area (TPSA) is 43.8 Å². The summed E-state index contributed by atoms with van der Waals surface area (Å²) in [6.45, 7) is 6.80. The van der Waals surface area contributed by atoms with Gasteiger partial charge in [-0.05, 0) is 50.9 Å². The molecule has 0 radical (unpaired) electrons. The number of nitrogens with zero attached hydrogens (tertiary/aromatic N) is 2. The van der Waals surface area contributed by atoms with E-state index < -0.39 is 6.10 Å². The second-order valence-corrected chi connectivity index (χ2v) is 6.17. The van der Waals surface area contributed by atoms with E-state index in [1.165, 1.54) is 0 Å². The summed E-state index contributed by atoms with van der Waals surface area (Å²) in [5.41, 5.74) is 0.799. The summed E-state index contributed by atoms with van der Waals surface area (Å²) in [4.78, 5) is 16.5. The molecule has 1 saturated heterocycles. The molecule has 0 bridgehead atoms. The third-order valence-electron chi connectivity index (χ3n) is 4.36. The molecule has 122 valence electrons. The molecule has 1 aromatic rings. The van der Waals surface area contributed by atoms with Gasteiger partial charge in [-0.25, -0.2) is 0 Å². The van der Waals surface area contributed by atoms with Crippen molar-refractivity contribution in [3.8, 4) is 0 Å². The van der Waals surface area contributed by atoms with E-state index in [9.17, 15) is 9.90 Å². The van der Waals surface area contributed by atoms with Crippen LogP contribution in [-0.4, -0.2) is 53.0 Å². The molecular weight excluding hydrogens is 300 g/mol. The maximum absolute atomic E-state index is 12.6. The van der Waals surface area contributed by atoms with Gasteiger partial charge in [-0.15, -0.1) is 0 Å². The minimum atomic E-state index is -0.621. The summed E-state index contributed by atoms with van der Waals surface area (Å²) in [7, 11) is 0. The Kier molecular flexibility index (Phi) is 6.24. The van der Waals surface area contributed by atoms with Gasteiger partial charge in [0.1, 0.15) is 0 Å². The van der Waals surface area contributed by atoms with E-state index in [1.807, 2.05) is 30.9 Å². The van der Waals surface area contributed by atoms with Gasteiger partial charge in [0, 0.05) is 24.7 Å². The van der Waals surface area contributed by atoms with Crippen LogP contribution in [0.2, 0.25) is 5.02 Å². The van der Waals surface area contributed by atoms with Gasteiger partial charge < -0.3 is 10.0 Å². The van der Waals surface area contributed by atoms with Crippen LogP contribution < -0.4 is 0 Å². The SMILES string of the molecule is CCN(CC)C(=O)C1CCCN1CC(O)c1cccc(Cl)c1. The van der Waals surface area contributed by atoms with Crippen LogP contribution in [0.25, 0.3) is 0 Å². The maximum Gasteiger partial charge on any atom is 0.239 e. The van der Waals surface area contributed by atoms with Crippen molar-refractivity contribution in [2.75, 3.05) is 26.2 Å². The minimum Gasteiger partial charge on any atom is -0.387 e. The predicted octanol–water partition coefficient (Wildman–Crippen LogP) is 2.71. The lowest BCUT2D eigenvalue weighted by Crippen LogP contribution is -2.46. The van der Waals surface area contributed by atoms with Crippen LogP contribution in [0.3, 0.4) is 0 Å². The zero-order valence-electron chi connectivity index (χ0n) is 13.3. The maximum atomic E-state index is 12.6. The number of aliphatic hydroxyl groups excluding tert-OH is 1. The zero-order chi connectivity index (χ0) is 16.1. The lowest BCUT2D eigenvalue weighted by molar-refractivity contribution is -0.136. The lowest BCUT2D eigenvalue weighted by atomic mass is 10.1. The van der Waals surface area contributed by atoms with Crippen molar-refractivity contribution in [2.24, 2.45) is 0 Å². The van der Waals surface area contributed by atoms with E-state index in [2.05, 4.69) is 4.90 Å². The molecule has 22 heavy (non-hydrogen) atoms. The minimum absolute atomic E-state index is 0.103. The van der Waals surface area contributed by atoms with Crippen molar-refractivity contribution >= 4 is 17.5 Å².